The van der Waals surface area contributed by atoms with Gasteiger partial charge in [-0.3, -0.25) is 4.79 Å². The highest BCUT2D eigenvalue weighted by Gasteiger charge is 2.07. The largest absolute Gasteiger partial charge is 0.493 e. The van der Waals surface area contributed by atoms with E-state index in [1.165, 1.54) is 13.1 Å². The molecular weight excluding hydrogens is 346 g/mol. The molecule has 2 N–H and O–H groups in total. The maximum Gasteiger partial charge on any atom is 0.249 e. The second-order valence-electron chi connectivity index (χ2n) is 5.62. The summed E-state index contributed by atoms with van der Waals surface area (Å²) >= 11 is 0. The van der Waals surface area contributed by atoms with Gasteiger partial charge >= 0.3 is 0 Å². The zero-order valence-corrected chi connectivity index (χ0v) is 15.2. The summed E-state index contributed by atoms with van der Waals surface area (Å²) < 4.78 is 10.5. The van der Waals surface area contributed by atoms with E-state index in [0.29, 0.717) is 28.8 Å². The van der Waals surface area contributed by atoms with Gasteiger partial charge in [-0.25, -0.2) is 0 Å². The van der Waals surface area contributed by atoms with Crippen LogP contribution in [-0.2, 0) is 0 Å². The van der Waals surface area contributed by atoms with Gasteiger partial charge in [0.05, 0.1) is 20.4 Å². The molecule has 3 aromatic rings. The predicted octanol–water partition coefficient (Wildman–Crippen LogP) is 3.58. The minimum absolute atomic E-state index is 0.0144. The van der Waals surface area contributed by atoms with Crippen LogP contribution in [0.4, 0.5) is 23.1 Å². The van der Waals surface area contributed by atoms with Gasteiger partial charge in [-0.15, -0.1) is 5.10 Å². The molecule has 27 heavy (non-hydrogen) atoms. The first-order valence-electron chi connectivity index (χ1n) is 8.16. The number of Topliss-reactive ketones (excluding diaryl/α,β-unsaturated/α-hetero) is 1. The van der Waals surface area contributed by atoms with E-state index in [-0.39, 0.29) is 5.78 Å². The Bertz CT molecular complexity index is 944. The maximum atomic E-state index is 11.3. The Morgan fingerprint density at radius 3 is 2.30 bits per heavy atom. The number of hydrogen-bond acceptors (Lipinski definition) is 8. The second kappa shape index (κ2) is 8.13. The number of ether oxygens (including phenoxy) is 2. The van der Waals surface area contributed by atoms with E-state index in [1.807, 2.05) is 6.07 Å². The number of carbonyl (C=O) groups excluding carboxylic acids is 1. The second-order valence-corrected chi connectivity index (χ2v) is 5.62. The maximum absolute atomic E-state index is 11.3. The molecule has 0 saturated heterocycles. The van der Waals surface area contributed by atoms with Gasteiger partial charge in [0, 0.05) is 23.0 Å². The number of rotatable bonds is 7. The van der Waals surface area contributed by atoms with E-state index in [9.17, 15) is 4.79 Å². The summed E-state index contributed by atoms with van der Waals surface area (Å²) in [4.78, 5) is 15.7. The summed E-state index contributed by atoms with van der Waals surface area (Å²) in [5.41, 5.74) is 2.17. The molecule has 0 aliphatic rings. The number of hydrogen-bond donors (Lipinski definition) is 2. The highest BCUT2D eigenvalue weighted by atomic mass is 16.5. The van der Waals surface area contributed by atoms with E-state index in [2.05, 4.69) is 25.8 Å². The van der Waals surface area contributed by atoms with Gasteiger partial charge in [0.1, 0.15) is 0 Å². The quantitative estimate of drug-likeness (QED) is 0.613. The highest BCUT2D eigenvalue weighted by Crippen LogP contribution is 2.30. The van der Waals surface area contributed by atoms with Crippen LogP contribution in [0.25, 0.3) is 0 Å². The van der Waals surface area contributed by atoms with Crippen molar-refractivity contribution in [3.8, 4) is 11.5 Å². The zero-order valence-electron chi connectivity index (χ0n) is 15.2. The molecule has 0 atom stereocenters. The van der Waals surface area contributed by atoms with Crippen LogP contribution in [0.1, 0.15) is 17.3 Å². The molecule has 8 nitrogen and oxygen atoms in total. The first kappa shape index (κ1) is 18.1. The topological polar surface area (TPSA) is 98.3 Å². The lowest BCUT2D eigenvalue weighted by atomic mass is 10.1. The molecule has 0 bridgehead atoms. The summed E-state index contributed by atoms with van der Waals surface area (Å²) in [6, 6.07) is 12.5. The standard InChI is InChI=1S/C19H19N5O3/c1-12(25)13-4-6-14(7-5-13)22-19-23-18(11-20-24-19)21-15-8-9-16(26-2)17(10-15)27-3/h4-11H,1-3H3,(H2,21,22,23,24). The molecule has 0 saturated carbocycles. The van der Waals surface area contributed by atoms with Crippen LogP contribution < -0.4 is 20.1 Å². The van der Waals surface area contributed by atoms with Gasteiger partial charge in [-0.05, 0) is 43.3 Å². The predicted molar refractivity (Wildman–Crippen MR) is 102 cm³/mol. The van der Waals surface area contributed by atoms with Crippen molar-refractivity contribution >= 4 is 28.9 Å². The Balaban J connectivity index is 1.74. The van der Waals surface area contributed by atoms with E-state index < -0.39 is 0 Å². The minimum Gasteiger partial charge on any atom is -0.493 e. The third kappa shape index (κ3) is 4.49. The van der Waals surface area contributed by atoms with Crippen LogP contribution in [-0.4, -0.2) is 35.2 Å². The molecule has 1 heterocycles. The number of benzene rings is 2. The Morgan fingerprint density at radius 2 is 1.63 bits per heavy atom. The Morgan fingerprint density at radius 1 is 0.926 bits per heavy atom. The average molecular weight is 365 g/mol. The molecule has 0 aliphatic heterocycles. The van der Waals surface area contributed by atoms with Crippen molar-refractivity contribution in [1.29, 1.82) is 0 Å². The van der Waals surface area contributed by atoms with Crippen LogP contribution in [0.5, 0.6) is 11.5 Å². The van der Waals surface area contributed by atoms with E-state index in [0.717, 1.165) is 11.4 Å². The Kier molecular flexibility index (Phi) is 5.46. The lowest BCUT2D eigenvalue weighted by Crippen LogP contribution is -2.03. The fraction of sp³-hybridized carbons (Fsp3) is 0.158. The zero-order chi connectivity index (χ0) is 19.2. The normalized spacial score (nSPS) is 10.2. The smallest absolute Gasteiger partial charge is 0.249 e. The van der Waals surface area contributed by atoms with Gasteiger partial charge < -0.3 is 20.1 Å². The van der Waals surface area contributed by atoms with Gasteiger partial charge in [-0.2, -0.15) is 10.1 Å². The molecule has 2 aromatic carbocycles. The fourth-order valence-electron chi connectivity index (χ4n) is 2.40. The number of methoxy groups -OCH3 is 2. The molecule has 3 rings (SSSR count). The van der Waals surface area contributed by atoms with Crippen LogP contribution in [0, 0.1) is 0 Å². The molecule has 0 amide bonds. The van der Waals surface area contributed by atoms with Gasteiger partial charge in [0.25, 0.3) is 0 Å². The third-order valence-electron chi connectivity index (χ3n) is 3.76. The van der Waals surface area contributed by atoms with Crippen LogP contribution >= 0.6 is 0 Å². The lowest BCUT2D eigenvalue weighted by Gasteiger charge is -2.11. The average Bonchev–Trinajstić information content (AvgIpc) is 2.68. The molecule has 8 heteroatoms. The van der Waals surface area contributed by atoms with Gasteiger partial charge in [0.2, 0.25) is 5.95 Å². The van der Waals surface area contributed by atoms with Crippen LogP contribution in [0.15, 0.2) is 48.7 Å². The molecule has 0 unspecified atom stereocenters. The van der Waals surface area contributed by atoms with Gasteiger partial charge in [0.15, 0.2) is 23.1 Å². The minimum atomic E-state index is 0.0144. The van der Waals surface area contributed by atoms with Crippen LogP contribution in [0.2, 0.25) is 0 Å². The number of carbonyl (C=O) groups is 1. The molecule has 1 aromatic heterocycles. The number of anilines is 4. The van der Waals surface area contributed by atoms with Gasteiger partial charge in [-0.1, -0.05) is 0 Å². The summed E-state index contributed by atoms with van der Waals surface area (Å²) in [7, 11) is 3.16. The number of ketones is 1. The molecule has 138 valence electrons. The fourth-order valence-corrected chi connectivity index (χ4v) is 2.40. The number of aromatic nitrogens is 3. The van der Waals surface area contributed by atoms with Crippen LogP contribution in [0.3, 0.4) is 0 Å². The number of nitrogens with zero attached hydrogens (tertiary/aromatic N) is 3. The summed E-state index contributed by atoms with van der Waals surface area (Å²) in [5, 5.41) is 14.1. The Labute approximate surface area is 156 Å². The first-order valence-corrected chi connectivity index (χ1v) is 8.16. The first-order chi connectivity index (χ1) is 13.1. The summed E-state index contributed by atoms with van der Waals surface area (Å²) in [6.45, 7) is 1.53. The van der Waals surface area contributed by atoms with Crippen molar-refractivity contribution in [3.63, 3.8) is 0 Å². The Hall–Kier alpha value is -3.68. The SMILES string of the molecule is COc1ccc(Nc2cnnc(Nc3ccc(C(C)=O)cc3)n2)cc1OC. The van der Waals surface area contributed by atoms with Crippen molar-refractivity contribution in [2.24, 2.45) is 0 Å². The monoisotopic (exact) mass is 365 g/mol. The molecular formula is C19H19N5O3. The molecule has 0 fully saturated rings. The summed E-state index contributed by atoms with van der Waals surface area (Å²) in [6.07, 6.45) is 1.51. The lowest BCUT2D eigenvalue weighted by molar-refractivity contribution is 0.101. The van der Waals surface area contributed by atoms with Crippen molar-refractivity contribution in [2.45, 2.75) is 6.92 Å². The van der Waals surface area contributed by atoms with E-state index in [1.54, 1.807) is 50.6 Å². The molecule has 0 spiro atoms. The van der Waals surface area contributed by atoms with Crippen molar-refractivity contribution in [1.82, 2.24) is 15.2 Å². The third-order valence-corrected chi connectivity index (χ3v) is 3.76. The molecule has 0 aliphatic carbocycles. The highest BCUT2D eigenvalue weighted by molar-refractivity contribution is 5.94. The van der Waals surface area contributed by atoms with E-state index >= 15 is 0 Å². The number of nitrogens with one attached hydrogen (secondary N) is 2. The molecule has 0 radical (unpaired) electrons. The van der Waals surface area contributed by atoms with E-state index in [4.69, 9.17) is 9.47 Å². The van der Waals surface area contributed by atoms with Crippen molar-refractivity contribution < 1.29 is 14.3 Å². The summed E-state index contributed by atoms with van der Waals surface area (Å²) in [5.74, 6) is 2.10. The van der Waals surface area contributed by atoms with Crippen molar-refractivity contribution in [3.05, 3.63) is 54.2 Å². The van der Waals surface area contributed by atoms with Crippen molar-refractivity contribution in [2.75, 3.05) is 24.9 Å².